The average Bonchev–Trinajstić information content (AvgIpc) is 3.51. The first-order chi connectivity index (χ1) is 18.9. The zero-order valence-electron chi connectivity index (χ0n) is 21.9. The van der Waals surface area contributed by atoms with E-state index >= 15 is 0 Å². The van der Waals surface area contributed by atoms with Crippen molar-refractivity contribution >= 4 is 17.9 Å². The Bertz CT molecular complexity index is 1210. The van der Waals surface area contributed by atoms with Crippen molar-refractivity contribution in [3.8, 4) is 28.7 Å². The van der Waals surface area contributed by atoms with Gasteiger partial charge in [-0.1, -0.05) is 6.07 Å². The number of nitrogens with zero attached hydrogens (tertiary/aromatic N) is 1. The molecule has 40 heavy (non-hydrogen) atoms. The minimum absolute atomic E-state index is 0.219. The monoisotopic (exact) mass is 565 g/mol. The van der Waals surface area contributed by atoms with E-state index in [0.717, 1.165) is 28.4 Å². The van der Waals surface area contributed by atoms with Gasteiger partial charge in [0.05, 0.1) is 26.1 Å². The first-order valence-electron chi connectivity index (χ1n) is 12.0. The normalized spacial score (nSPS) is 13.8. The second-order valence-electron chi connectivity index (χ2n) is 9.20. The van der Waals surface area contributed by atoms with Crippen LogP contribution >= 0.6 is 0 Å². The van der Waals surface area contributed by atoms with E-state index in [1.54, 1.807) is 14.0 Å². The summed E-state index contributed by atoms with van der Waals surface area (Å²) in [4.78, 5) is 32.6. The van der Waals surface area contributed by atoms with Gasteiger partial charge in [0.25, 0.3) is 0 Å². The summed E-state index contributed by atoms with van der Waals surface area (Å²) < 4.78 is 27.3. The number of rotatable bonds is 12. The number of carboxylic acids is 3. The lowest BCUT2D eigenvalue weighted by atomic mass is 9.96. The topological polar surface area (TPSA) is 202 Å². The smallest absolute Gasteiger partial charge is 0.336 e. The number of aliphatic hydroxyl groups excluding tert-OH is 1. The van der Waals surface area contributed by atoms with Crippen molar-refractivity contribution in [3.05, 3.63) is 41.5 Å². The average molecular weight is 566 g/mol. The van der Waals surface area contributed by atoms with Gasteiger partial charge in [-0.2, -0.15) is 0 Å². The molecule has 0 amide bonds. The molecule has 2 heterocycles. The Morgan fingerprint density at radius 2 is 1.45 bits per heavy atom. The number of benzene rings is 2. The Kier molecular flexibility index (Phi) is 9.98. The molecule has 2 aliphatic rings. The molecule has 2 aromatic carbocycles. The number of methoxy groups -OCH3 is 1. The van der Waals surface area contributed by atoms with Crippen molar-refractivity contribution in [1.82, 2.24) is 4.90 Å². The lowest BCUT2D eigenvalue weighted by Gasteiger charge is -2.25. The van der Waals surface area contributed by atoms with Crippen LogP contribution in [0, 0.1) is 0 Å². The van der Waals surface area contributed by atoms with E-state index in [1.165, 1.54) is 0 Å². The molecule has 0 aromatic heterocycles. The zero-order valence-corrected chi connectivity index (χ0v) is 21.9. The van der Waals surface area contributed by atoms with Gasteiger partial charge in [0, 0.05) is 31.3 Å². The predicted molar refractivity (Wildman–Crippen MR) is 135 cm³/mol. The zero-order chi connectivity index (χ0) is 29.4. The maximum Gasteiger partial charge on any atom is 0.336 e. The minimum Gasteiger partial charge on any atom is -0.496 e. The number of ether oxygens (including phenoxy) is 5. The largest absolute Gasteiger partial charge is 0.496 e. The molecule has 0 fully saturated rings. The van der Waals surface area contributed by atoms with Crippen LogP contribution in [-0.2, 0) is 27.5 Å². The molecule has 1 atom stereocenters. The number of aliphatic carboxylic acids is 3. The molecular formula is C26H31NO13. The third-order valence-electron chi connectivity index (χ3n) is 5.82. The molecule has 218 valence electrons. The summed E-state index contributed by atoms with van der Waals surface area (Å²) in [5.41, 5.74) is -0.680. The fraction of sp³-hybridized carbons (Fsp3) is 0.423. The molecule has 0 radical (unpaired) electrons. The van der Waals surface area contributed by atoms with E-state index in [2.05, 4.69) is 4.90 Å². The van der Waals surface area contributed by atoms with E-state index < -0.39 is 42.5 Å². The summed E-state index contributed by atoms with van der Waals surface area (Å²) in [6, 6.07) is 9.70. The van der Waals surface area contributed by atoms with E-state index in [9.17, 15) is 19.5 Å². The van der Waals surface area contributed by atoms with E-state index in [-0.39, 0.29) is 13.6 Å². The molecule has 5 N–H and O–H groups in total. The number of carbonyl (C=O) groups is 3. The van der Waals surface area contributed by atoms with Gasteiger partial charge in [-0.15, -0.1) is 0 Å². The highest BCUT2D eigenvalue weighted by Gasteiger charge is 2.40. The standard InChI is InChI=1S/C20H23NO6.C6H8O7/c1-13(22)8-21(9-14-3-4-16-18(5-14)25-11-24-16)10-15-6-19-20(27-12-26-19)7-17(15)23-2;7-3(8)1-6(13,5(11)12)2-4(9)10/h3-7,13,22H,8-12H2,1-2H3;13H,1-2H2,(H,7,8)(H,9,10)(H,11,12). The Balaban J connectivity index is 0.000000289. The summed E-state index contributed by atoms with van der Waals surface area (Å²) >= 11 is 0. The van der Waals surface area contributed by atoms with Crippen molar-refractivity contribution in [3.63, 3.8) is 0 Å². The van der Waals surface area contributed by atoms with Crippen molar-refractivity contribution in [2.45, 2.75) is 44.6 Å². The summed E-state index contributed by atoms with van der Waals surface area (Å²) in [5, 5.41) is 43.8. The molecule has 0 aliphatic carbocycles. The third kappa shape index (κ3) is 8.11. The van der Waals surface area contributed by atoms with E-state index in [4.69, 9.17) is 44.1 Å². The van der Waals surface area contributed by atoms with Crippen LogP contribution in [-0.4, -0.2) is 87.3 Å². The van der Waals surface area contributed by atoms with Crippen LogP contribution < -0.4 is 23.7 Å². The Labute approximate surface area is 228 Å². The molecule has 2 aromatic rings. The molecule has 2 aliphatic heterocycles. The highest BCUT2D eigenvalue weighted by atomic mass is 16.7. The molecule has 0 saturated heterocycles. The summed E-state index contributed by atoms with van der Waals surface area (Å²) in [7, 11) is 1.64. The van der Waals surface area contributed by atoms with E-state index in [1.807, 2.05) is 30.3 Å². The van der Waals surface area contributed by atoms with Gasteiger partial charge >= 0.3 is 17.9 Å². The number of hydrogen-bond donors (Lipinski definition) is 5. The first-order valence-corrected chi connectivity index (χ1v) is 12.0. The van der Waals surface area contributed by atoms with Crippen LogP contribution in [0.1, 0.15) is 30.9 Å². The maximum absolute atomic E-state index is 10.3. The maximum atomic E-state index is 10.3. The van der Waals surface area contributed by atoms with Crippen molar-refractivity contribution < 1.29 is 63.6 Å². The fourth-order valence-corrected chi connectivity index (χ4v) is 4.09. The predicted octanol–water partition coefficient (Wildman–Crippen LogP) is 1.29. The Hall–Kier alpha value is -4.27. The second-order valence-corrected chi connectivity index (χ2v) is 9.20. The molecule has 0 bridgehead atoms. The molecule has 0 spiro atoms. The molecular weight excluding hydrogens is 534 g/mol. The first kappa shape index (κ1) is 30.3. The van der Waals surface area contributed by atoms with Crippen LogP contribution in [0.15, 0.2) is 30.3 Å². The van der Waals surface area contributed by atoms with Gasteiger partial charge in [0.2, 0.25) is 13.6 Å². The molecule has 14 nitrogen and oxygen atoms in total. The van der Waals surface area contributed by atoms with Gasteiger partial charge < -0.3 is 49.2 Å². The Morgan fingerprint density at radius 3 is 1.98 bits per heavy atom. The summed E-state index contributed by atoms with van der Waals surface area (Å²) in [6.07, 6.45) is -2.75. The number of aliphatic hydroxyl groups is 2. The van der Waals surface area contributed by atoms with Crippen LogP contribution in [0.2, 0.25) is 0 Å². The van der Waals surface area contributed by atoms with Gasteiger partial charge in [-0.25, -0.2) is 4.79 Å². The minimum atomic E-state index is -2.74. The van der Waals surface area contributed by atoms with Gasteiger partial charge in [-0.3, -0.25) is 14.5 Å². The number of hydrogen-bond acceptors (Lipinski definition) is 11. The van der Waals surface area contributed by atoms with Gasteiger partial charge in [-0.05, 0) is 30.7 Å². The second kappa shape index (κ2) is 13.2. The quantitative estimate of drug-likeness (QED) is 0.246. The van der Waals surface area contributed by atoms with Crippen molar-refractivity contribution in [2.24, 2.45) is 0 Å². The van der Waals surface area contributed by atoms with Crippen LogP contribution in [0.3, 0.4) is 0 Å². The van der Waals surface area contributed by atoms with Crippen LogP contribution in [0.4, 0.5) is 0 Å². The molecule has 14 heteroatoms. The lowest BCUT2D eigenvalue weighted by Crippen LogP contribution is -2.42. The summed E-state index contributed by atoms with van der Waals surface area (Å²) in [6.45, 7) is 4.02. The van der Waals surface area contributed by atoms with Crippen LogP contribution in [0.5, 0.6) is 28.7 Å². The number of fused-ring (bicyclic) bond motifs is 2. The Morgan fingerprint density at radius 1 is 0.900 bits per heavy atom. The van der Waals surface area contributed by atoms with Crippen molar-refractivity contribution in [1.29, 1.82) is 0 Å². The molecule has 1 unspecified atom stereocenters. The highest BCUT2D eigenvalue weighted by molar-refractivity contribution is 5.88. The van der Waals surface area contributed by atoms with Crippen molar-refractivity contribution in [2.75, 3.05) is 27.2 Å². The highest BCUT2D eigenvalue weighted by Crippen LogP contribution is 2.39. The van der Waals surface area contributed by atoms with Gasteiger partial charge in [0.15, 0.2) is 28.6 Å². The van der Waals surface area contributed by atoms with Crippen LogP contribution in [0.25, 0.3) is 0 Å². The van der Waals surface area contributed by atoms with E-state index in [0.29, 0.717) is 31.1 Å². The number of carboxylic acid groups (broad SMARTS) is 3. The summed E-state index contributed by atoms with van der Waals surface area (Å²) in [5.74, 6) is -1.36. The fourth-order valence-electron chi connectivity index (χ4n) is 4.09. The molecule has 0 saturated carbocycles. The lowest BCUT2D eigenvalue weighted by molar-refractivity contribution is -0.170. The SMILES string of the molecule is COc1cc2c(cc1CN(Cc1ccc3c(c1)OCO3)CC(C)O)OCO2.O=C(O)CC(O)(CC(=O)O)C(=O)O. The molecule has 4 rings (SSSR count). The van der Waals surface area contributed by atoms with Gasteiger partial charge in [0.1, 0.15) is 5.75 Å². The third-order valence-corrected chi connectivity index (χ3v) is 5.82.